The predicted octanol–water partition coefficient (Wildman–Crippen LogP) is 1.59. The summed E-state index contributed by atoms with van der Waals surface area (Å²) in [6.45, 7) is 9.37. The number of thiophene rings is 1. The van der Waals surface area contributed by atoms with Crippen LogP contribution in [0.2, 0.25) is 0 Å². The minimum Gasteiger partial charge on any atom is -0.396 e. The first-order valence-corrected chi connectivity index (χ1v) is 14.1. The smallest absolute Gasteiger partial charge is 0.236 e. The second-order valence-corrected chi connectivity index (χ2v) is 11.8. The molecule has 0 radical (unpaired) electrons. The van der Waals surface area contributed by atoms with Crippen molar-refractivity contribution in [3.8, 4) is 0 Å². The number of nitrogen functional groups attached to an aromatic ring is 2. The second kappa shape index (κ2) is 10.5. The molecule has 0 bridgehead atoms. The Morgan fingerprint density at radius 3 is 2.68 bits per heavy atom. The van der Waals surface area contributed by atoms with Crippen LogP contribution in [0.15, 0.2) is 12.1 Å². The molecule has 2 fully saturated rings. The number of anilines is 4. The molecule has 2 aromatic heterocycles. The Morgan fingerprint density at radius 1 is 1.11 bits per heavy atom. The lowest BCUT2D eigenvalue weighted by atomic mass is 9.72. The zero-order chi connectivity index (χ0) is 26.2. The number of nitrogens with two attached hydrogens (primary N) is 2. The molecule has 5 rings (SSSR count). The van der Waals surface area contributed by atoms with Crippen LogP contribution < -0.4 is 31.9 Å². The van der Waals surface area contributed by atoms with E-state index in [9.17, 15) is 4.79 Å². The monoisotopic (exact) mass is 525 g/mol. The third kappa shape index (κ3) is 5.12. The van der Waals surface area contributed by atoms with Crippen molar-refractivity contribution >= 4 is 45.3 Å². The molecule has 200 valence electrons. The van der Waals surface area contributed by atoms with E-state index in [4.69, 9.17) is 21.9 Å². The number of fused-ring (bicyclic) bond motifs is 1. The number of carbonyl (C=O) groups excluding carboxylic acids is 1. The summed E-state index contributed by atoms with van der Waals surface area (Å²) in [5.41, 5.74) is 14.5. The summed E-state index contributed by atoms with van der Waals surface area (Å²) in [6.07, 6.45) is 3.49. The molecule has 0 saturated carbocycles. The highest BCUT2D eigenvalue weighted by atomic mass is 32.1. The van der Waals surface area contributed by atoms with Gasteiger partial charge in [-0.05, 0) is 52.3 Å². The number of amidine groups is 1. The van der Waals surface area contributed by atoms with Gasteiger partial charge in [-0.1, -0.05) is 0 Å². The number of hydrogen-bond acceptors (Lipinski definition) is 10. The van der Waals surface area contributed by atoms with Crippen LogP contribution in [-0.4, -0.2) is 81.0 Å². The van der Waals surface area contributed by atoms with Gasteiger partial charge in [0, 0.05) is 68.0 Å². The van der Waals surface area contributed by atoms with Gasteiger partial charge in [-0.3, -0.25) is 10.2 Å². The molecule has 4 heterocycles. The molecule has 11 heteroatoms. The van der Waals surface area contributed by atoms with E-state index in [0.29, 0.717) is 22.8 Å². The number of nitrogens with one attached hydrogen (secondary N) is 3. The Morgan fingerprint density at radius 2 is 1.89 bits per heavy atom. The van der Waals surface area contributed by atoms with E-state index >= 15 is 0 Å². The van der Waals surface area contributed by atoms with Gasteiger partial charge in [-0.2, -0.15) is 0 Å². The zero-order valence-corrected chi connectivity index (χ0v) is 22.7. The molecule has 1 atom stereocenters. The van der Waals surface area contributed by atoms with Gasteiger partial charge in [0.25, 0.3) is 0 Å². The van der Waals surface area contributed by atoms with Crippen LogP contribution >= 0.6 is 11.3 Å². The van der Waals surface area contributed by atoms with Gasteiger partial charge in [-0.25, -0.2) is 4.98 Å². The number of rotatable bonds is 4. The molecule has 1 aliphatic carbocycles. The molecule has 10 nitrogen and oxygen atoms in total. The van der Waals surface area contributed by atoms with Crippen molar-refractivity contribution in [2.24, 2.45) is 0 Å². The van der Waals surface area contributed by atoms with Crippen LogP contribution in [0.3, 0.4) is 0 Å². The van der Waals surface area contributed by atoms with Gasteiger partial charge in [0.15, 0.2) is 5.84 Å². The normalized spacial score (nSPS) is 22.9. The number of aromatic nitrogens is 1. The van der Waals surface area contributed by atoms with Crippen LogP contribution in [0, 0.1) is 5.41 Å². The maximum absolute atomic E-state index is 13.7. The summed E-state index contributed by atoms with van der Waals surface area (Å²) in [5.74, 6) is 0.651. The fourth-order valence-electron chi connectivity index (χ4n) is 5.68. The van der Waals surface area contributed by atoms with E-state index in [1.165, 1.54) is 11.3 Å². The minimum absolute atomic E-state index is 0.0188. The minimum atomic E-state index is -0.827. The van der Waals surface area contributed by atoms with E-state index in [2.05, 4.69) is 38.4 Å². The average molecular weight is 526 g/mol. The summed E-state index contributed by atoms with van der Waals surface area (Å²) >= 11 is 1.48. The second-order valence-electron chi connectivity index (χ2n) is 10.6. The molecule has 1 amide bonds. The lowest BCUT2D eigenvalue weighted by Crippen LogP contribution is -2.47. The van der Waals surface area contributed by atoms with Crippen molar-refractivity contribution in [2.75, 3.05) is 80.7 Å². The number of likely N-dealkylation sites (N-methyl/N-ethyl adjacent to an activating group) is 1. The highest BCUT2D eigenvalue weighted by Gasteiger charge is 2.43. The lowest BCUT2D eigenvalue weighted by molar-refractivity contribution is -0.125. The summed E-state index contributed by atoms with van der Waals surface area (Å²) in [4.78, 5) is 26.6. The Bertz CT molecular complexity index is 1170. The van der Waals surface area contributed by atoms with Crippen LogP contribution in [0.1, 0.15) is 42.3 Å². The summed E-state index contributed by atoms with van der Waals surface area (Å²) < 4.78 is 0. The van der Waals surface area contributed by atoms with Crippen molar-refractivity contribution in [1.29, 1.82) is 5.41 Å². The molecule has 7 N–H and O–H groups in total. The van der Waals surface area contributed by atoms with Crippen LogP contribution in [0.4, 0.5) is 22.2 Å². The predicted molar refractivity (Wildman–Crippen MR) is 152 cm³/mol. The molecular formula is C26H39N9OS. The third-order valence-electron chi connectivity index (χ3n) is 8.00. The molecule has 2 aromatic rings. The largest absolute Gasteiger partial charge is 0.396 e. The van der Waals surface area contributed by atoms with Crippen LogP contribution in [-0.2, 0) is 16.6 Å². The quantitative estimate of drug-likeness (QED) is 0.300. The Kier molecular flexibility index (Phi) is 7.28. The highest BCUT2D eigenvalue weighted by molar-refractivity contribution is 7.16. The molecule has 37 heavy (non-hydrogen) atoms. The van der Waals surface area contributed by atoms with Gasteiger partial charge < -0.3 is 36.8 Å². The SMILES string of the molecule is CN1CCN(c2cc(N3CCCNCC3)cc(C(=N)NC(=O)C3(C)CCCc4sc(N)c(N)c43)n2)CC1. The number of carbonyl (C=O) groups is 1. The maximum Gasteiger partial charge on any atom is 0.236 e. The van der Waals surface area contributed by atoms with Crippen molar-refractivity contribution in [1.82, 2.24) is 20.5 Å². The maximum atomic E-state index is 13.7. The van der Waals surface area contributed by atoms with E-state index in [1.807, 2.05) is 13.0 Å². The summed E-state index contributed by atoms with van der Waals surface area (Å²) in [7, 11) is 2.13. The van der Waals surface area contributed by atoms with Crippen LogP contribution in [0.25, 0.3) is 0 Å². The van der Waals surface area contributed by atoms with Gasteiger partial charge in [0.1, 0.15) is 16.5 Å². The Labute approximate surface area is 222 Å². The molecule has 0 spiro atoms. The zero-order valence-electron chi connectivity index (χ0n) is 21.9. The average Bonchev–Trinajstić information content (AvgIpc) is 3.05. The topological polar surface area (TPSA) is 140 Å². The summed E-state index contributed by atoms with van der Waals surface area (Å²) in [5, 5.41) is 15.8. The van der Waals surface area contributed by atoms with E-state index in [-0.39, 0.29) is 11.7 Å². The Hall–Kier alpha value is -2.89. The van der Waals surface area contributed by atoms with Crippen molar-refractivity contribution in [3.63, 3.8) is 0 Å². The first-order chi connectivity index (χ1) is 17.8. The Balaban J connectivity index is 1.43. The van der Waals surface area contributed by atoms with Gasteiger partial charge in [-0.15, -0.1) is 11.3 Å². The number of amides is 1. The standard InChI is InChI=1S/C26H39N9OS/c1-26(6-3-5-19-21(26)22(27)24(29)37-19)25(36)32-23(28)18-15-17(34-9-4-7-30-8-10-34)16-20(31-18)35-13-11-33(2)12-14-35/h15-16,30H,3-14,27,29H2,1-2H3,(H2,28,32,36). The molecular weight excluding hydrogens is 486 g/mol. The number of pyridine rings is 1. The van der Waals surface area contributed by atoms with Crippen LogP contribution in [0.5, 0.6) is 0 Å². The van der Waals surface area contributed by atoms with Gasteiger partial charge >= 0.3 is 0 Å². The number of hydrogen-bond donors (Lipinski definition) is 5. The molecule has 2 saturated heterocycles. The third-order valence-corrected chi connectivity index (χ3v) is 9.10. The number of aryl methyl sites for hydroxylation is 1. The van der Waals surface area contributed by atoms with Crippen molar-refractivity contribution < 1.29 is 4.79 Å². The van der Waals surface area contributed by atoms with E-state index in [1.54, 1.807) is 0 Å². The van der Waals surface area contributed by atoms with Crippen molar-refractivity contribution in [3.05, 3.63) is 28.3 Å². The van der Waals surface area contributed by atoms with Crippen molar-refractivity contribution in [2.45, 2.75) is 38.0 Å². The molecule has 0 aromatic carbocycles. The van der Waals surface area contributed by atoms with Gasteiger partial charge in [0.05, 0.1) is 11.1 Å². The fraction of sp³-hybridized carbons (Fsp3) is 0.577. The summed E-state index contributed by atoms with van der Waals surface area (Å²) in [6, 6.07) is 4.08. The first-order valence-electron chi connectivity index (χ1n) is 13.2. The molecule has 2 aliphatic heterocycles. The molecule has 1 unspecified atom stereocenters. The fourth-order valence-corrected chi connectivity index (χ4v) is 6.84. The number of piperazine rings is 1. The lowest BCUT2D eigenvalue weighted by Gasteiger charge is -2.34. The highest BCUT2D eigenvalue weighted by Crippen LogP contribution is 2.47. The van der Waals surface area contributed by atoms with Gasteiger partial charge in [0.2, 0.25) is 5.91 Å². The molecule has 3 aliphatic rings. The van der Waals surface area contributed by atoms with E-state index < -0.39 is 5.41 Å². The first kappa shape index (κ1) is 25.7. The van der Waals surface area contributed by atoms with E-state index in [0.717, 1.165) is 93.6 Å². The number of nitrogens with zero attached hydrogens (tertiary/aromatic N) is 4.